The van der Waals surface area contributed by atoms with Crippen LogP contribution in [0.2, 0.25) is 0 Å². The Morgan fingerprint density at radius 2 is 2.35 bits per heavy atom. The van der Waals surface area contributed by atoms with E-state index in [1.807, 2.05) is 0 Å². The first-order chi connectivity index (χ1) is 9.52. The van der Waals surface area contributed by atoms with E-state index in [1.54, 1.807) is 6.07 Å². The first kappa shape index (κ1) is 14.4. The van der Waals surface area contributed by atoms with Crippen LogP contribution in [0.4, 0.5) is 0 Å². The van der Waals surface area contributed by atoms with Crippen LogP contribution >= 0.6 is 0 Å². The number of amides is 1. The number of sulfonamides is 1. The van der Waals surface area contributed by atoms with Crippen molar-refractivity contribution in [2.75, 3.05) is 13.6 Å². The Kier molecular flexibility index (Phi) is 4.01. The highest BCUT2D eigenvalue weighted by atomic mass is 32.2. The van der Waals surface area contributed by atoms with E-state index in [-0.39, 0.29) is 23.0 Å². The minimum Gasteiger partial charge on any atom is -0.358 e. The van der Waals surface area contributed by atoms with Crippen molar-refractivity contribution < 1.29 is 13.2 Å². The van der Waals surface area contributed by atoms with Crippen LogP contribution in [0.3, 0.4) is 0 Å². The monoisotopic (exact) mass is 294 g/mol. The molecule has 1 aromatic heterocycles. The summed E-state index contributed by atoms with van der Waals surface area (Å²) in [5.41, 5.74) is -0.157. The van der Waals surface area contributed by atoms with Crippen LogP contribution in [0.15, 0.2) is 23.2 Å². The predicted octanol–water partition coefficient (Wildman–Crippen LogP) is -0.148. The van der Waals surface area contributed by atoms with Gasteiger partial charge in [-0.1, -0.05) is 0 Å². The van der Waals surface area contributed by atoms with Gasteiger partial charge < -0.3 is 5.32 Å². The Bertz CT molecular complexity index is 666. The van der Waals surface area contributed by atoms with Gasteiger partial charge in [-0.15, -0.1) is 0 Å². The largest absolute Gasteiger partial charge is 0.358 e. The van der Waals surface area contributed by atoms with Gasteiger partial charge in [0.05, 0.1) is 0 Å². The van der Waals surface area contributed by atoms with Gasteiger partial charge in [0, 0.05) is 19.8 Å². The second kappa shape index (κ2) is 5.56. The molecule has 1 aliphatic rings. The lowest BCUT2D eigenvalue weighted by Gasteiger charge is -2.22. The van der Waals surface area contributed by atoms with E-state index in [9.17, 15) is 13.2 Å². The summed E-state index contributed by atoms with van der Waals surface area (Å²) in [6.07, 6.45) is 2.44. The van der Waals surface area contributed by atoms with Crippen molar-refractivity contribution in [2.24, 2.45) is 0 Å². The molecule has 7 nitrogen and oxygen atoms in total. The van der Waals surface area contributed by atoms with Crippen molar-refractivity contribution in [1.82, 2.24) is 14.6 Å². The third-order valence-corrected chi connectivity index (χ3v) is 5.16. The topological polar surface area (TPSA) is 103 Å². The van der Waals surface area contributed by atoms with Crippen LogP contribution in [0.1, 0.15) is 18.5 Å². The Morgan fingerprint density at radius 3 is 3.00 bits per heavy atom. The van der Waals surface area contributed by atoms with Crippen LogP contribution in [0.5, 0.6) is 0 Å². The number of likely N-dealkylation sites (N-methyl/N-ethyl adjacent to an activating group) is 1. The maximum absolute atomic E-state index is 12.6. The van der Waals surface area contributed by atoms with Crippen molar-refractivity contribution in [3.05, 3.63) is 24.0 Å². The minimum atomic E-state index is -3.90. The molecule has 1 aliphatic heterocycles. The number of nitrogens with zero attached hydrogens (tertiary/aromatic N) is 3. The van der Waals surface area contributed by atoms with Gasteiger partial charge >= 0.3 is 0 Å². The number of hydrogen-bond acceptors (Lipinski definition) is 5. The summed E-state index contributed by atoms with van der Waals surface area (Å²) < 4.78 is 26.3. The lowest BCUT2D eigenvalue weighted by Crippen LogP contribution is -2.45. The Balaban J connectivity index is 2.45. The van der Waals surface area contributed by atoms with Crippen molar-refractivity contribution in [2.45, 2.75) is 23.8 Å². The van der Waals surface area contributed by atoms with Crippen molar-refractivity contribution in [3.8, 4) is 6.07 Å². The van der Waals surface area contributed by atoms with E-state index >= 15 is 0 Å². The van der Waals surface area contributed by atoms with Gasteiger partial charge in [-0.05, 0) is 25.0 Å². The minimum absolute atomic E-state index is 0.154. The lowest BCUT2D eigenvalue weighted by molar-refractivity contribution is -0.123. The molecule has 0 saturated carbocycles. The number of aromatic nitrogens is 1. The first-order valence-corrected chi connectivity index (χ1v) is 7.55. The fraction of sp³-hybridized carbons (Fsp3) is 0.417. The molecule has 1 fully saturated rings. The number of carbonyl (C=O) groups is 1. The number of pyridine rings is 1. The van der Waals surface area contributed by atoms with E-state index in [1.165, 1.54) is 25.4 Å². The smallest absolute Gasteiger partial charge is 0.246 e. The quantitative estimate of drug-likeness (QED) is 0.835. The fourth-order valence-electron chi connectivity index (χ4n) is 2.27. The third-order valence-electron chi connectivity index (χ3n) is 3.22. The molecular formula is C12H14N4O3S. The second-order valence-corrected chi connectivity index (χ2v) is 6.21. The molecule has 0 radical (unpaired) electrons. The number of nitrogens with one attached hydrogen (secondary N) is 1. The number of nitriles is 1. The number of carbonyl (C=O) groups excluding carboxylic acids is 1. The molecule has 1 saturated heterocycles. The lowest BCUT2D eigenvalue weighted by atomic mass is 10.2. The zero-order chi connectivity index (χ0) is 14.8. The van der Waals surface area contributed by atoms with Crippen LogP contribution in [0, 0.1) is 11.3 Å². The van der Waals surface area contributed by atoms with Gasteiger partial charge in [-0.25, -0.2) is 13.4 Å². The van der Waals surface area contributed by atoms with Crippen molar-refractivity contribution in [3.63, 3.8) is 0 Å². The molecule has 0 aliphatic carbocycles. The van der Waals surface area contributed by atoms with Gasteiger partial charge in [-0.2, -0.15) is 9.57 Å². The molecule has 1 atom stereocenters. The number of rotatable bonds is 3. The zero-order valence-electron chi connectivity index (χ0n) is 10.9. The predicted molar refractivity (Wildman–Crippen MR) is 69.9 cm³/mol. The SMILES string of the molecule is CNC(=O)C1CCCN1S(=O)(=O)c1cccnc1C#N. The van der Waals surface area contributed by atoms with Crippen LogP contribution in [-0.2, 0) is 14.8 Å². The summed E-state index contributed by atoms with van der Waals surface area (Å²) in [6, 6.07) is 3.83. The van der Waals surface area contributed by atoms with Gasteiger partial charge in [-0.3, -0.25) is 4.79 Å². The summed E-state index contributed by atoms with van der Waals surface area (Å²) in [7, 11) is -2.43. The second-order valence-electron chi connectivity index (χ2n) is 4.35. The molecule has 2 rings (SSSR count). The molecule has 0 bridgehead atoms. The maximum Gasteiger partial charge on any atom is 0.246 e. The van der Waals surface area contributed by atoms with E-state index in [0.717, 1.165) is 4.31 Å². The normalized spacial score (nSPS) is 19.5. The highest BCUT2D eigenvalue weighted by Crippen LogP contribution is 2.27. The number of hydrogen-bond donors (Lipinski definition) is 1. The van der Waals surface area contributed by atoms with E-state index in [2.05, 4.69) is 10.3 Å². The van der Waals surface area contributed by atoms with E-state index < -0.39 is 16.1 Å². The molecule has 20 heavy (non-hydrogen) atoms. The van der Waals surface area contributed by atoms with Gasteiger partial charge in [0.2, 0.25) is 15.9 Å². The van der Waals surface area contributed by atoms with Gasteiger partial charge in [0.15, 0.2) is 5.69 Å². The molecule has 8 heteroatoms. The summed E-state index contributed by atoms with van der Waals surface area (Å²) in [6.45, 7) is 0.264. The zero-order valence-corrected chi connectivity index (χ0v) is 11.7. The van der Waals surface area contributed by atoms with Gasteiger partial charge in [0.1, 0.15) is 17.0 Å². The highest BCUT2D eigenvalue weighted by Gasteiger charge is 2.40. The molecule has 0 spiro atoms. The van der Waals surface area contributed by atoms with Crippen molar-refractivity contribution >= 4 is 15.9 Å². The molecule has 1 unspecified atom stereocenters. The van der Waals surface area contributed by atoms with Gasteiger partial charge in [0.25, 0.3) is 0 Å². The summed E-state index contributed by atoms with van der Waals surface area (Å²) in [4.78, 5) is 15.4. The van der Waals surface area contributed by atoms with E-state index in [4.69, 9.17) is 5.26 Å². The molecular weight excluding hydrogens is 280 g/mol. The summed E-state index contributed by atoms with van der Waals surface area (Å²) in [5.74, 6) is -0.339. The highest BCUT2D eigenvalue weighted by molar-refractivity contribution is 7.89. The van der Waals surface area contributed by atoms with Crippen LogP contribution < -0.4 is 5.32 Å². The standard InChI is InChI=1S/C12H14N4O3S/c1-14-12(17)10-4-3-7-16(10)20(18,19)11-5-2-6-15-9(11)8-13/h2,5-6,10H,3-4,7H2,1H3,(H,14,17). The summed E-state index contributed by atoms with van der Waals surface area (Å²) >= 11 is 0. The Morgan fingerprint density at radius 1 is 1.60 bits per heavy atom. The third kappa shape index (κ3) is 2.37. The average Bonchev–Trinajstić information content (AvgIpc) is 2.96. The summed E-state index contributed by atoms with van der Waals surface area (Å²) in [5, 5.41) is 11.4. The maximum atomic E-state index is 12.6. The van der Waals surface area contributed by atoms with Crippen LogP contribution in [-0.4, -0.2) is 43.2 Å². The Hall–Kier alpha value is -1.98. The molecule has 106 valence electrons. The fourth-order valence-corrected chi connectivity index (χ4v) is 4.02. The first-order valence-electron chi connectivity index (χ1n) is 6.11. The molecule has 2 heterocycles. The van der Waals surface area contributed by atoms with Crippen molar-refractivity contribution in [1.29, 1.82) is 5.26 Å². The molecule has 1 aromatic rings. The molecule has 1 N–H and O–H groups in total. The van der Waals surface area contributed by atoms with E-state index in [0.29, 0.717) is 12.8 Å². The average molecular weight is 294 g/mol. The van der Waals surface area contributed by atoms with Crippen LogP contribution in [0.25, 0.3) is 0 Å². The Labute approximate surface area is 117 Å². The molecule has 0 aromatic carbocycles. The molecule has 1 amide bonds.